The first-order chi connectivity index (χ1) is 9.40. The molecule has 0 radical (unpaired) electrons. The second-order valence-electron chi connectivity index (χ2n) is 5.29. The number of nitrogens with one attached hydrogen (secondary N) is 2. The Hall–Kier alpha value is -1.30. The van der Waals surface area contributed by atoms with E-state index in [1.165, 1.54) is 0 Å². The third kappa shape index (κ3) is 8.74. The molecule has 118 valence electrons. The fourth-order valence-corrected chi connectivity index (χ4v) is 1.94. The number of carboxylic acids is 1. The highest BCUT2D eigenvalue weighted by atomic mass is 16.5. The van der Waals surface area contributed by atoms with E-state index in [0.29, 0.717) is 25.4 Å². The SMILES string of the molecule is CCC(C)CC(C)NC(=O)NC(CCCOC)C(=O)O. The monoisotopic (exact) mass is 288 g/mol. The van der Waals surface area contributed by atoms with Gasteiger partial charge in [0.05, 0.1) is 0 Å². The zero-order valence-corrected chi connectivity index (χ0v) is 12.9. The lowest BCUT2D eigenvalue weighted by atomic mass is 10.0. The standard InChI is InChI=1S/C14H28N2O4/c1-5-10(2)9-11(3)15-14(19)16-12(13(17)18)7-6-8-20-4/h10-12H,5-9H2,1-4H3,(H,17,18)(H2,15,16,19). The number of amides is 2. The summed E-state index contributed by atoms with van der Waals surface area (Å²) in [5.41, 5.74) is 0. The molecule has 0 rings (SSSR count). The highest BCUT2D eigenvalue weighted by Gasteiger charge is 2.20. The van der Waals surface area contributed by atoms with Gasteiger partial charge in [0.2, 0.25) is 0 Å². The molecule has 3 atom stereocenters. The van der Waals surface area contributed by atoms with Crippen LogP contribution in [0.1, 0.15) is 46.5 Å². The van der Waals surface area contributed by atoms with Gasteiger partial charge in [-0.15, -0.1) is 0 Å². The number of carbonyl (C=O) groups is 2. The lowest BCUT2D eigenvalue weighted by Crippen LogP contribution is -2.48. The van der Waals surface area contributed by atoms with Gasteiger partial charge in [-0.3, -0.25) is 0 Å². The molecule has 0 fully saturated rings. The summed E-state index contributed by atoms with van der Waals surface area (Å²) >= 11 is 0. The van der Waals surface area contributed by atoms with Crippen LogP contribution in [-0.4, -0.2) is 42.9 Å². The van der Waals surface area contributed by atoms with Gasteiger partial charge >= 0.3 is 12.0 Å². The first-order valence-electron chi connectivity index (χ1n) is 7.19. The van der Waals surface area contributed by atoms with Crippen molar-refractivity contribution in [3.05, 3.63) is 0 Å². The zero-order chi connectivity index (χ0) is 15.5. The summed E-state index contributed by atoms with van der Waals surface area (Å²) in [5.74, 6) is -0.492. The number of aliphatic carboxylic acids is 1. The largest absolute Gasteiger partial charge is 0.480 e. The lowest BCUT2D eigenvalue weighted by Gasteiger charge is -2.20. The van der Waals surface area contributed by atoms with Gasteiger partial charge < -0.3 is 20.5 Å². The van der Waals surface area contributed by atoms with Gasteiger partial charge in [0.15, 0.2) is 0 Å². The molecule has 0 aliphatic carbocycles. The molecule has 6 heteroatoms. The van der Waals surface area contributed by atoms with E-state index in [4.69, 9.17) is 9.84 Å². The quantitative estimate of drug-likeness (QED) is 0.536. The minimum atomic E-state index is -1.02. The predicted molar refractivity (Wildman–Crippen MR) is 77.7 cm³/mol. The van der Waals surface area contributed by atoms with E-state index in [2.05, 4.69) is 24.5 Å². The number of hydrogen-bond donors (Lipinski definition) is 3. The maximum Gasteiger partial charge on any atom is 0.326 e. The molecule has 0 saturated heterocycles. The van der Waals surface area contributed by atoms with Gasteiger partial charge in [0.25, 0.3) is 0 Å². The molecule has 20 heavy (non-hydrogen) atoms. The number of urea groups is 1. The van der Waals surface area contributed by atoms with Crippen molar-refractivity contribution in [3.8, 4) is 0 Å². The fourth-order valence-electron chi connectivity index (χ4n) is 1.94. The normalized spacial score (nSPS) is 15.2. The summed E-state index contributed by atoms with van der Waals surface area (Å²) < 4.78 is 4.88. The van der Waals surface area contributed by atoms with Crippen LogP contribution >= 0.6 is 0 Å². The van der Waals surface area contributed by atoms with Crippen molar-refractivity contribution in [2.45, 2.75) is 58.5 Å². The molecule has 0 bridgehead atoms. The summed E-state index contributed by atoms with van der Waals surface area (Å²) in [7, 11) is 1.56. The Bertz CT molecular complexity index is 297. The van der Waals surface area contributed by atoms with Crippen molar-refractivity contribution in [1.82, 2.24) is 10.6 Å². The van der Waals surface area contributed by atoms with E-state index in [1.807, 2.05) is 6.92 Å². The Morgan fingerprint density at radius 3 is 2.40 bits per heavy atom. The summed E-state index contributed by atoms with van der Waals surface area (Å²) in [6.45, 7) is 6.64. The van der Waals surface area contributed by atoms with Crippen LogP contribution in [0, 0.1) is 5.92 Å². The second kappa shape index (κ2) is 10.5. The Balaban J connectivity index is 4.15. The topological polar surface area (TPSA) is 87.7 Å². The van der Waals surface area contributed by atoms with Crippen LogP contribution in [0.2, 0.25) is 0 Å². The molecule has 0 aliphatic rings. The smallest absolute Gasteiger partial charge is 0.326 e. The molecule has 0 saturated carbocycles. The van der Waals surface area contributed by atoms with Crippen LogP contribution in [-0.2, 0) is 9.53 Å². The van der Waals surface area contributed by atoms with Crippen molar-refractivity contribution in [2.24, 2.45) is 5.92 Å². The van der Waals surface area contributed by atoms with Crippen molar-refractivity contribution >= 4 is 12.0 Å². The number of methoxy groups -OCH3 is 1. The lowest BCUT2D eigenvalue weighted by molar-refractivity contribution is -0.139. The molecule has 0 aliphatic heterocycles. The van der Waals surface area contributed by atoms with Crippen molar-refractivity contribution in [2.75, 3.05) is 13.7 Å². The molecule has 0 aromatic rings. The maximum absolute atomic E-state index is 11.8. The number of ether oxygens (including phenoxy) is 1. The van der Waals surface area contributed by atoms with Gasteiger partial charge in [-0.1, -0.05) is 20.3 Å². The van der Waals surface area contributed by atoms with Crippen LogP contribution in [0.3, 0.4) is 0 Å². The molecule has 0 aromatic carbocycles. The number of carboxylic acid groups (broad SMARTS) is 1. The van der Waals surface area contributed by atoms with E-state index in [0.717, 1.165) is 12.8 Å². The molecular formula is C14H28N2O4. The Kier molecular flexibility index (Phi) is 9.80. The summed E-state index contributed by atoms with van der Waals surface area (Å²) in [6.07, 6.45) is 2.89. The Labute approximate surface area is 121 Å². The fraction of sp³-hybridized carbons (Fsp3) is 0.857. The molecule has 0 spiro atoms. The summed E-state index contributed by atoms with van der Waals surface area (Å²) in [4.78, 5) is 22.8. The summed E-state index contributed by atoms with van der Waals surface area (Å²) in [6, 6.07) is -1.27. The second-order valence-corrected chi connectivity index (χ2v) is 5.29. The maximum atomic E-state index is 11.8. The Morgan fingerprint density at radius 2 is 1.90 bits per heavy atom. The third-order valence-electron chi connectivity index (χ3n) is 3.28. The van der Waals surface area contributed by atoms with Gasteiger partial charge in [-0.05, 0) is 32.1 Å². The van der Waals surface area contributed by atoms with Crippen LogP contribution in [0.15, 0.2) is 0 Å². The molecular weight excluding hydrogens is 260 g/mol. The van der Waals surface area contributed by atoms with E-state index < -0.39 is 18.0 Å². The highest BCUT2D eigenvalue weighted by molar-refractivity contribution is 5.82. The van der Waals surface area contributed by atoms with E-state index in [1.54, 1.807) is 7.11 Å². The molecule has 3 N–H and O–H groups in total. The van der Waals surface area contributed by atoms with Crippen LogP contribution < -0.4 is 10.6 Å². The van der Waals surface area contributed by atoms with E-state index in [9.17, 15) is 9.59 Å². The average molecular weight is 288 g/mol. The minimum Gasteiger partial charge on any atom is -0.480 e. The van der Waals surface area contributed by atoms with Crippen molar-refractivity contribution in [3.63, 3.8) is 0 Å². The van der Waals surface area contributed by atoms with Crippen LogP contribution in [0.5, 0.6) is 0 Å². The molecule has 0 heterocycles. The van der Waals surface area contributed by atoms with Crippen molar-refractivity contribution in [1.29, 1.82) is 0 Å². The number of hydrogen-bond acceptors (Lipinski definition) is 3. The number of carbonyl (C=O) groups excluding carboxylic acids is 1. The van der Waals surface area contributed by atoms with Gasteiger partial charge in [-0.2, -0.15) is 0 Å². The van der Waals surface area contributed by atoms with Crippen LogP contribution in [0.4, 0.5) is 4.79 Å². The van der Waals surface area contributed by atoms with Gasteiger partial charge in [0, 0.05) is 19.8 Å². The molecule has 3 unspecified atom stereocenters. The third-order valence-corrected chi connectivity index (χ3v) is 3.28. The molecule has 2 amide bonds. The van der Waals surface area contributed by atoms with Crippen LogP contribution in [0.25, 0.3) is 0 Å². The highest BCUT2D eigenvalue weighted by Crippen LogP contribution is 2.09. The number of rotatable bonds is 10. The summed E-state index contributed by atoms with van der Waals surface area (Å²) in [5, 5.41) is 14.3. The van der Waals surface area contributed by atoms with E-state index >= 15 is 0 Å². The van der Waals surface area contributed by atoms with E-state index in [-0.39, 0.29) is 6.04 Å². The predicted octanol–water partition coefficient (Wildman–Crippen LogP) is 1.99. The first kappa shape index (κ1) is 18.7. The molecule has 6 nitrogen and oxygen atoms in total. The minimum absolute atomic E-state index is 0.0263. The van der Waals surface area contributed by atoms with Gasteiger partial charge in [0.1, 0.15) is 6.04 Å². The average Bonchev–Trinajstić information content (AvgIpc) is 2.37. The van der Waals surface area contributed by atoms with Gasteiger partial charge in [-0.25, -0.2) is 9.59 Å². The zero-order valence-electron chi connectivity index (χ0n) is 12.9. The first-order valence-corrected chi connectivity index (χ1v) is 7.19. The molecule has 0 aromatic heterocycles. The Morgan fingerprint density at radius 1 is 1.25 bits per heavy atom. The van der Waals surface area contributed by atoms with Crippen molar-refractivity contribution < 1.29 is 19.4 Å².